The summed E-state index contributed by atoms with van der Waals surface area (Å²) in [6.45, 7) is 6.92. The zero-order chi connectivity index (χ0) is 14.0. The molecule has 0 amide bonds. The summed E-state index contributed by atoms with van der Waals surface area (Å²) in [5, 5.41) is 9.28. The highest BCUT2D eigenvalue weighted by Gasteiger charge is 2.32. The quantitative estimate of drug-likeness (QED) is 0.873. The molecule has 106 valence electrons. The lowest BCUT2D eigenvalue weighted by atomic mass is 9.82. The van der Waals surface area contributed by atoms with E-state index in [4.69, 9.17) is 4.74 Å². The van der Waals surface area contributed by atoms with Gasteiger partial charge in [-0.1, -0.05) is 32.9 Å². The average molecular weight is 262 g/mol. The van der Waals surface area contributed by atoms with Gasteiger partial charge in [0.2, 0.25) is 0 Å². The Morgan fingerprint density at radius 3 is 2.47 bits per heavy atom. The van der Waals surface area contributed by atoms with Crippen LogP contribution >= 0.6 is 0 Å². The molecule has 1 aliphatic carbocycles. The lowest BCUT2D eigenvalue weighted by molar-refractivity contribution is 0.269. The molecule has 1 fully saturated rings. The number of ether oxygens (including phenoxy) is 1. The Kier molecular flexibility index (Phi) is 4.19. The van der Waals surface area contributed by atoms with E-state index in [9.17, 15) is 5.11 Å². The maximum absolute atomic E-state index is 9.28. The van der Waals surface area contributed by atoms with Crippen LogP contribution < -0.4 is 4.74 Å². The molecule has 1 atom stereocenters. The van der Waals surface area contributed by atoms with E-state index < -0.39 is 0 Å². The first kappa shape index (κ1) is 14.4. The summed E-state index contributed by atoms with van der Waals surface area (Å²) < 4.78 is 5.49. The van der Waals surface area contributed by atoms with Crippen LogP contribution in [0.5, 0.6) is 5.75 Å². The Balaban J connectivity index is 2.36. The molecule has 1 saturated carbocycles. The van der Waals surface area contributed by atoms with Crippen LogP contribution in [0.2, 0.25) is 0 Å². The van der Waals surface area contributed by atoms with Crippen molar-refractivity contribution in [2.45, 2.75) is 51.4 Å². The van der Waals surface area contributed by atoms with Crippen LogP contribution in [0.4, 0.5) is 0 Å². The minimum absolute atomic E-state index is 0.0780. The molecule has 1 aromatic rings. The van der Waals surface area contributed by atoms with Gasteiger partial charge in [0.1, 0.15) is 5.75 Å². The van der Waals surface area contributed by atoms with Gasteiger partial charge in [-0.05, 0) is 53.7 Å². The van der Waals surface area contributed by atoms with Crippen molar-refractivity contribution in [3.8, 4) is 5.75 Å². The second-order valence-corrected chi connectivity index (χ2v) is 6.67. The fourth-order valence-corrected chi connectivity index (χ4v) is 2.85. The van der Waals surface area contributed by atoms with Gasteiger partial charge in [-0.15, -0.1) is 0 Å². The molecule has 0 aliphatic heterocycles. The first-order chi connectivity index (χ1) is 8.97. The summed E-state index contributed by atoms with van der Waals surface area (Å²) in [5.41, 5.74) is 2.70. The Bertz CT molecular complexity index is 427. The monoisotopic (exact) mass is 262 g/mol. The largest absolute Gasteiger partial charge is 0.496 e. The van der Waals surface area contributed by atoms with E-state index >= 15 is 0 Å². The number of aliphatic hydroxyl groups is 1. The smallest absolute Gasteiger partial charge is 0.122 e. The first-order valence-corrected chi connectivity index (χ1v) is 7.26. The van der Waals surface area contributed by atoms with Crippen LogP contribution in [0.3, 0.4) is 0 Å². The van der Waals surface area contributed by atoms with Crippen LogP contribution in [0, 0.1) is 5.92 Å². The molecule has 1 aromatic carbocycles. The molecule has 0 radical (unpaired) electrons. The van der Waals surface area contributed by atoms with Gasteiger partial charge in [-0.2, -0.15) is 0 Å². The predicted octanol–water partition coefficient (Wildman–Crippen LogP) is 3.87. The van der Waals surface area contributed by atoms with E-state index in [1.54, 1.807) is 7.11 Å². The second-order valence-electron chi connectivity index (χ2n) is 6.67. The van der Waals surface area contributed by atoms with Crippen LogP contribution in [0.15, 0.2) is 18.2 Å². The third-order valence-electron chi connectivity index (χ3n) is 4.09. The zero-order valence-electron chi connectivity index (χ0n) is 12.6. The van der Waals surface area contributed by atoms with Crippen molar-refractivity contribution in [3.63, 3.8) is 0 Å². The van der Waals surface area contributed by atoms with Crippen LogP contribution in [0.25, 0.3) is 0 Å². The minimum Gasteiger partial charge on any atom is -0.496 e. The van der Waals surface area contributed by atoms with E-state index in [1.807, 2.05) is 0 Å². The molecule has 0 heterocycles. The molecule has 1 aliphatic rings. The Morgan fingerprint density at radius 1 is 1.32 bits per heavy atom. The molecular formula is C17H26O2. The molecule has 2 heteroatoms. The SMILES string of the molecule is COc1ccc(C(CCO)C2CC2)cc1C(C)(C)C. The lowest BCUT2D eigenvalue weighted by Crippen LogP contribution is -2.14. The normalized spacial score (nSPS) is 17.3. The number of rotatable bonds is 5. The van der Waals surface area contributed by atoms with Gasteiger partial charge in [0.15, 0.2) is 0 Å². The summed E-state index contributed by atoms with van der Waals surface area (Å²) in [4.78, 5) is 0. The third-order valence-corrected chi connectivity index (χ3v) is 4.09. The van der Waals surface area contributed by atoms with Gasteiger partial charge in [0.05, 0.1) is 7.11 Å². The standard InChI is InChI=1S/C17H26O2/c1-17(2,3)15-11-13(7-8-16(15)19-4)14(9-10-18)12-5-6-12/h7-8,11-12,14,18H,5-6,9-10H2,1-4H3. The van der Waals surface area contributed by atoms with Crippen LogP contribution in [-0.2, 0) is 5.41 Å². The first-order valence-electron chi connectivity index (χ1n) is 7.26. The summed E-state index contributed by atoms with van der Waals surface area (Å²) in [7, 11) is 1.73. The van der Waals surface area contributed by atoms with Gasteiger partial charge in [-0.3, -0.25) is 0 Å². The third kappa shape index (κ3) is 3.30. The maximum atomic E-state index is 9.28. The van der Waals surface area contributed by atoms with Crippen molar-refractivity contribution in [2.24, 2.45) is 5.92 Å². The van der Waals surface area contributed by atoms with Crippen LogP contribution in [0.1, 0.15) is 57.1 Å². The van der Waals surface area contributed by atoms with Gasteiger partial charge in [0.25, 0.3) is 0 Å². The van der Waals surface area contributed by atoms with Gasteiger partial charge < -0.3 is 9.84 Å². The molecule has 2 rings (SSSR count). The zero-order valence-corrected chi connectivity index (χ0v) is 12.6. The van der Waals surface area contributed by atoms with E-state index in [0.29, 0.717) is 5.92 Å². The molecular weight excluding hydrogens is 236 g/mol. The Morgan fingerprint density at radius 2 is 2.00 bits per heavy atom. The molecule has 0 aromatic heterocycles. The molecule has 0 saturated heterocycles. The van der Waals surface area contributed by atoms with Crippen molar-refractivity contribution in [1.82, 2.24) is 0 Å². The average Bonchev–Trinajstić information content (AvgIpc) is 3.18. The topological polar surface area (TPSA) is 29.5 Å². The van der Waals surface area contributed by atoms with E-state index in [2.05, 4.69) is 39.0 Å². The van der Waals surface area contributed by atoms with Gasteiger partial charge in [0, 0.05) is 6.61 Å². The lowest BCUT2D eigenvalue weighted by Gasteiger charge is -2.25. The van der Waals surface area contributed by atoms with Crippen molar-refractivity contribution in [2.75, 3.05) is 13.7 Å². The molecule has 2 nitrogen and oxygen atoms in total. The summed E-state index contributed by atoms with van der Waals surface area (Å²) >= 11 is 0. The predicted molar refractivity (Wildman–Crippen MR) is 78.9 cm³/mol. The fourth-order valence-electron chi connectivity index (χ4n) is 2.85. The van der Waals surface area contributed by atoms with E-state index in [1.165, 1.54) is 24.0 Å². The molecule has 0 bridgehead atoms. The second kappa shape index (κ2) is 5.54. The van der Waals surface area contributed by atoms with Crippen molar-refractivity contribution < 1.29 is 9.84 Å². The highest BCUT2D eigenvalue weighted by molar-refractivity contribution is 5.43. The Labute approximate surface area is 116 Å². The molecule has 19 heavy (non-hydrogen) atoms. The number of aliphatic hydroxyl groups excluding tert-OH is 1. The summed E-state index contributed by atoms with van der Waals surface area (Å²) in [6.07, 6.45) is 3.49. The van der Waals surface area contributed by atoms with Crippen LogP contribution in [-0.4, -0.2) is 18.8 Å². The fraction of sp³-hybridized carbons (Fsp3) is 0.647. The number of methoxy groups -OCH3 is 1. The van der Waals surface area contributed by atoms with Gasteiger partial charge >= 0.3 is 0 Å². The van der Waals surface area contributed by atoms with E-state index in [-0.39, 0.29) is 12.0 Å². The van der Waals surface area contributed by atoms with Crippen molar-refractivity contribution >= 4 is 0 Å². The Hall–Kier alpha value is -1.02. The van der Waals surface area contributed by atoms with E-state index in [0.717, 1.165) is 18.1 Å². The molecule has 1 N–H and O–H groups in total. The number of hydrogen-bond acceptors (Lipinski definition) is 2. The maximum Gasteiger partial charge on any atom is 0.122 e. The summed E-state index contributed by atoms with van der Waals surface area (Å²) in [5.74, 6) is 2.25. The summed E-state index contributed by atoms with van der Waals surface area (Å²) in [6, 6.07) is 6.55. The van der Waals surface area contributed by atoms with Crippen molar-refractivity contribution in [1.29, 1.82) is 0 Å². The highest BCUT2D eigenvalue weighted by Crippen LogP contribution is 2.45. The molecule has 1 unspecified atom stereocenters. The van der Waals surface area contributed by atoms with Crippen molar-refractivity contribution in [3.05, 3.63) is 29.3 Å². The number of benzene rings is 1. The van der Waals surface area contributed by atoms with Gasteiger partial charge in [-0.25, -0.2) is 0 Å². The minimum atomic E-state index is 0.0780. The number of hydrogen-bond donors (Lipinski definition) is 1. The molecule has 0 spiro atoms. The highest BCUT2D eigenvalue weighted by atomic mass is 16.5.